The molecule has 4 heteroatoms. The summed E-state index contributed by atoms with van der Waals surface area (Å²) in [5.74, 6) is 0. The summed E-state index contributed by atoms with van der Waals surface area (Å²) >= 11 is 0. The zero-order valence-electron chi connectivity index (χ0n) is 10.9. The Balaban J connectivity index is 2.17. The van der Waals surface area contributed by atoms with E-state index in [4.69, 9.17) is 0 Å². The van der Waals surface area contributed by atoms with Crippen LogP contribution in [0.25, 0.3) is 0 Å². The molecular weight excluding hydrogens is 226 g/mol. The first kappa shape index (κ1) is 12.8. The van der Waals surface area contributed by atoms with Crippen LogP contribution in [0.15, 0.2) is 30.6 Å². The molecule has 2 rings (SSSR count). The van der Waals surface area contributed by atoms with E-state index in [0.717, 1.165) is 29.9 Å². The Morgan fingerprint density at radius 3 is 2.61 bits per heavy atom. The lowest BCUT2D eigenvalue weighted by molar-refractivity contribution is 0.167. The third-order valence-corrected chi connectivity index (χ3v) is 3.04. The standard InChI is InChI=1S/C14H19N3O/c1-3-12-10-13(17(4-2)16-12)14(18)9-11-5-7-15-8-6-11/h5-8,10,14,18H,3-4,9H2,1-2H3. The Morgan fingerprint density at radius 1 is 1.28 bits per heavy atom. The third kappa shape index (κ3) is 2.76. The van der Waals surface area contributed by atoms with Gasteiger partial charge in [-0.2, -0.15) is 5.10 Å². The van der Waals surface area contributed by atoms with E-state index in [2.05, 4.69) is 17.0 Å². The number of rotatable bonds is 5. The number of aliphatic hydroxyl groups excluding tert-OH is 1. The van der Waals surface area contributed by atoms with Crippen LogP contribution in [0.1, 0.15) is 36.9 Å². The first-order valence-electron chi connectivity index (χ1n) is 6.38. The largest absolute Gasteiger partial charge is 0.386 e. The Morgan fingerprint density at radius 2 is 2.00 bits per heavy atom. The average molecular weight is 245 g/mol. The first-order chi connectivity index (χ1) is 8.74. The van der Waals surface area contributed by atoms with Gasteiger partial charge in [0, 0.05) is 25.4 Å². The maximum Gasteiger partial charge on any atom is 0.0996 e. The minimum Gasteiger partial charge on any atom is -0.386 e. The molecule has 0 bridgehead atoms. The fourth-order valence-electron chi connectivity index (χ4n) is 2.03. The van der Waals surface area contributed by atoms with Crippen molar-refractivity contribution in [1.82, 2.24) is 14.8 Å². The Labute approximate surface area is 107 Å². The molecule has 1 N–H and O–H groups in total. The summed E-state index contributed by atoms with van der Waals surface area (Å²) in [6, 6.07) is 5.85. The van der Waals surface area contributed by atoms with Gasteiger partial charge in [-0.3, -0.25) is 9.67 Å². The molecule has 0 aromatic carbocycles. The Bertz CT molecular complexity index is 493. The van der Waals surface area contributed by atoms with Crippen LogP contribution in [0.3, 0.4) is 0 Å². The number of aryl methyl sites for hydroxylation is 2. The molecule has 0 aliphatic heterocycles. The van der Waals surface area contributed by atoms with E-state index in [1.54, 1.807) is 12.4 Å². The van der Waals surface area contributed by atoms with E-state index in [-0.39, 0.29) is 0 Å². The molecule has 0 amide bonds. The van der Waals surface area contributed by atoms with Gasteiger partial charge in [-0.1, -0.05) is 6.92 Å². The fraction of sp³-hybridized carbons (Fsp3) is 0.429. The van der Waals surface area contributed by atoms with Gasteiger partial charge in [-0.25, -0.2) is 0 Å². The van der Waals surface area contributed by atoms with Crippen molar-refractivity contribution in [3.05, 3.63) is 47.5 Å². The van der Waals surface area contributed by atoms with Crippen LogP contribution in [0.2, 0.25) is 0 Å². The fourth-order valence-corrected chi connectivity index (χ4v) is 2.03. The van der Waals surface area contributed by atoms with Crippen molar-refractivity contribution in [3.63, 3.8) is 0 Å². The van der Waals surface area contributed by atoms with Crippen LogP contribution in [0, 0.1) is 0 Å². The van der Waals surface area contributed by atoms with Crippen LogP contribution < -0.4 is 0 Å². The van der Waals surface area contributed by atoms with Crippen molar-refractivity contribution in [2.24, 2.45) is 0 Å². The van der Waals surface area contributed by atoms with E-state index in [0.29, 0.717) is 6.42 Å². The minimum atomic E-state index is -0.514. The number of pyridine rings is 1. The molecular formula is C14H19N3O. The summed E-state index contributed by atoms with van der Waals surface area (Å²) in [5.41, 5.74) is 3.01. The summed E-state index contributed by atoms with van der Waals surface area (Å²) in [5, 5.41) is 14.8. The minimum absolute atomic E-state index is 0.514. The second kappa shape index (κ2) is 5.78. The third-order valence-electron chi connectivity index (χ3n) is 3.04. The molecule has 0 saturated heterocycles. The normalized spacial score (nSPS) is 12.6. The number of hydrogen-bond donors (Lipinski definition) is 1. The molecule has 0 spiro atoms. The van der Waals surface area contributed by atoms with Crippen molar-refractivity contribution in [3.8, 4) is 0 Å². The van der Waals surface area contributed by atoms with Gasteiger partial charge in [0.05, 0.1) is 17.5 Å². The highest BCUT2D eigenvalue weighted by Gasteiger charge is 2.15. The van der Waals surface area contributed by atoms with E-state index < -0.39 is 6.10 Å². The van der Waals surface area contributed by atoms with Gasteiger partial charge in [0.15, 0.2) is 0 Å². The summed E-state index contributed by atoms with van der Waals surface area (Å²) in [6.07, 6.45) is 4.47. The Kier molecular flexibility index (Phi) is 4.10. The van der Waals surface area contributed by atoms with Crippen LogP contribution in [0.4, 0.5) is 0 Å². The molecule has 1 atom stereocenters. The topological polar surface area (TPSA) is 50.9 Å². The van der Waals surface area contributed by atoms with Crippen molar-refractivity contribution in [2.45, 2.75) is 39.3 Å². The molecule has 4 nitrogen and oxygen atoms in total. The molecule has 0 radical (unpaired) electrons. The van der Waals surface area contributed by atoms with Crippen molar-refractivity contribution in [1.29, 1.82) is 0 Å². The monoisotopic (exact) mass is 245 g/mol. The smallest absolute Gasteiger partial charge is 0.0996 e. The molecule has 2 heterocycles. The van der Waals surface area contributed by atoms with Crippen LogP contribution >= 0.6 is 0 Å². The summed E-state index contributed by atoms with van der Waals surface area (Å²) in [6.45, 7) is 4.89. The predicted molar refractivity (Wildman–Crippen MR) is 70.2 cm³/mol. The van der Waals surface area contributed by atoms with Gasteiger partial charge >= 0.3 is 0 Å². The first-order valence-corrected chi connectivity index (χ1v) is 6.38. The SMILES string of the molecule is CCc1cc(C(O)Cc2ccncc2)n(CC)n1. The molecule has 18 heavy (non-hydrogen) atoms. The van der Waals surface area contributed by atoms with Gasteiger partial charge in [0.2, 0.25) is 0 Å². The van der Waals surface area contributed by atoms with Crippen molar-refractivity contribution in [2.75, 3.05) is 0 Å². The molecule has 0 fully saturated rings. The average Bonchev–Trinajstić information content (AvgIpc) is 2.83. The quantitative estimate of drug-likeness (QED) is 0.878. The van der Waals surface area contributed by atoms with E-state index in [9.17, 15) is 5.11 Å². The number of aliphatic hydroxyl groups is 1. The molecule has 0 saturated carbocycles. The summed E-state index contributed by atoms with van der Waals surface area (Å²) in [7, 11) is 0. The second-order valence-corrected chi connectivity index (χ2v) is 4.31. The molecule has 1 unspecified atom stereocenters. The molecule has 0 aliphatic rings. The predicted octanol–water partition coefficient (Wildman–Crippen LogP) is 2.14. The second-order valence-electron chi connectivity index (χ2n) is 4.31. The van der Waals surface area contributed by atoms with Crippen LogP contribution in [-0.4, -0.2) is 19.9 Å². The highest BCUT2D eigenvalue weighted by atomic mass is 16.3. The van der Waals surface area contributed by atoms with Crippen LogP contribution in [-0.2, 0) is 19.4 Å². The maximum absolute atomic E-state index is 10.3. The van der Waals surface area contributed by atoms with Gasteiger partial charge in [0.1, 0.15) is 0 Å². The van der Waals surface area contributed by atoms with Crippen molar-refractivity contribution < 1.29 is 5.11 Å². The van der Waals surface area contributed by atoms with Gasteiger partial charge < -0.3 is 5.11 Å². The zero-order valence-corrected chi connectivity index (χ0v) is 10.9. The van der Waals surface area contributed by atoms with Gasteiger partial charge in [-0.15, -0.1) is 0 Å². The van der Waals surface area contributed by atoms with Gasteiger partial charge in [0.25, 0.3) is 0 Å². The lowest BCUT2D eigenvalue weighted by atomic mass is 10.1. The lowest BCUT2D eigenvalue weighted by Gasteiger charge is -2.12. The van der Waals surface area contributed by atoms with E-state index in [1.165, 1.54) is 0 Å². The van der Waals surface area contributed by atoms with Gasteiger partial charge in [-0.05, 0) is 37.1 Å². The lowest BCUT2D eigenvalue weighted by Crippen LogP contribution is -2.10. The number of aromatic nitrogens is 3. The zero-order chi connectivity index (χ0) is 13.0. The van der Waals surface area contributed by atoms with Crippen LogP contribution in [0.5, 0.6) is 0 Å². The van der Waals surface area contributed by atoms with Crippen molar-refractivity contribution >= 4 is 0 Å². The molecule has 2 aromatic rings. The molecule has 0 aliphatic carbocycles. The van der Waals surface area contributed by atoms with E-state index >= 15 is 0 Å². The molecule has 2 aromatic heterocycles. The maximum atomic E-state index is 10.3. The highest BCUT2D eigenvalue weighted by molar-refractivity contribution is 5.18. The molecule has 96 valence electrons. The highest BCUT2D eigenvalue weighted by Crippen LogP contribution is 2.19. The summed E-state index contributed by atoms with van der Waals surface area (Å²) in [4.78, 5) is 3.98. The summed E-state index contributed by atoms with van der Waals surface area (Å²) < 4.78 is 1.88. The number of hydrogen-bond acceptors (Lipinski definition) is 3. The number of nitrogens with zero attached hydrogens (tertiary/aromatic N) is 3. The Hall–Kier alpha value is -1.68. The van der Waals surface area contributed by atoms with E-state index in [1.807, 2.05) is 29.8 Å².